The molecule has 28 heavy (non-hydrogen) atoms. The molecule has 5 nitrogen and oxygen atoms in total. The van der Waals surface area contributed by atoms with Gasteiger partial charge in [0.25, 0.3) is 0 Å². The van der Waals surface area contributed by atoms with Crippen molar-refractivity contribution in [2.75, 3.05) is 0 Å². The average molecular weight is 396 g/mol. The second-order valence-electron chi connectivity index (χ2n) is 7.32. The van der Waals surface area contributed by atoms with Crippen molar-refractivity contribution in [2.24, 2.45) is 0 Å². The van der Waals surface area contributed by atoms with Gasteiger partial charge in [0.05, 0.1) is 22.8 Å². The maximum absolute atomic E-state index is 13.5. The van der Waals surface area contributed by atoms with Crippen LogP contribution >= 0.6 is 11.6 Å². The summed E-state index contributed by atoms with van der Waals surface area (Å²) in [6.07, 6.45) is 7.59. The molecule has 1 atom stereocenters. The SMILES string of the molecule is Fc1ccnc(C2=CCC(Cl)(c3ccc4c(c3)CNCc3nncn3-4)CC2)c1. The molecule has 0 bridgehead atoms. The van der Waals surface area contributed by atoms with Crippen molar-refractivity contribution in [3.05, 3.63) is 77.4 Å². The fourth-order valence-electron chi connectivity index (χ4n) is 4.03. The van der Waals surface area contributed by atoms with Gasteiger partial charge >= 0.3 is 0 Å². The van der Waals surface area contributed by atoms with Crippen LogP contribution in [0.4, 0.5) is 4.39 Å². The van der Waals surface area contributed by atoms with E-state index in [0.717, 1.165) is 42.0 Å². The first-order valence-corrected chi connectivity index (χ1v) is 9.73. The fourth-order valence-corrected chi connectivity index (χ4v) is 4.32. The lowest BCUT2D eigenvalue weighted by Gasteiger charge is -2.31. The first-order chi connectivity index (χ1) is 13.6. The number of alkyl halides is 1. The van der Waals surface area contributed by atoms with Gasteiger partial charge in [0.1, 0.15) is 12.1 Å². The zero-order valence-corrected chi connectivity index (χ0v) is 16.0. The number of nitrogens with one attached hydrogen (secondary N) is 1. The molecule has 3 heterocycles. The Kier molecular flexibility index (Phi) is 4.25. The molecule has 1 unspecified atom stereocenters. The monoisotopic (exact) mass is 395 g/mol. The number of halogens is 2. The summed E-state index contributed by atoms with van der Waals surface area (Å²) >= 11 is 7.06. The molecule has 1 N–H and O–H groups in total. The topological polar surface area (TPSA) is 55.6 Å². The van der Waals surface area contributed by atoms with E-state index >= 15 is 0 Å². The molecule has 7 heteroatoms. The molecule has 0 spiro atoms. The van der Waals surface area contributed by atoms with Gasteiger partial charge in [-0.15, -0.1) is 21.8 Å². The van der Waals surface area contributed by atoms with Crippen molar-refractivity contribution in [1.29, 1.82) is 0 Å². The van der Waals surface area contributed by atoms with Gasteiger partial charge in [-0.3, -0.25) is 9.55 Å². The minimum absolute atomic E-state index is 0.264. The molecular formula is C21H19ClFN5. The average Bonchev–Trinajstić information content (AvgIpc) is 3.10. The third kappa shape index (κ3) is 3.02. The normalized spacial score (nSPS) is 21.4. The maximum Gasteiger partial charge on any atom is 0.151 e. The van der Waals surface area contributed by atoms with Gasteiger partial charge in [0.2, 0.25) is 0 Å². The van der Waals surface area contributed by atoms with Gasteiger partial charge in [0, 0.05) is 12.7 Å². The minimum atomic E-state index is -0.464. The van der Waals surface area contributed by atoms with Gasteiger partial charge in [-0.1, -0.05) is 18.2 Å². The van der Waals surface area contributed by atoms with Crippen molar-refractivity contribution in [1.82, 2.24) is 25.1 Å². The summed E-state index contributed by atoms with van der Waals surface area (Å²) in [6.45, 7) is 1.44. The lowest BCUT2D eigenvalue weighted by molar-refractivity contribution is 0.552. The highest BCUT2D eigenvalue weighted by Crippen LogP contribution is 2.45. The quantitative estimate of drug-likeness (QED) is 0.663. The summed E-state index contributed by atoms with van der Waals surface area (Å²) in [4.78, 5) is 3.83. The van der Waals surface area contributed by atoms with Crippen molar-refractivity contribution in [2.45, 2.75) is 37.2 Å². The Labute approximate surface area is 167 Å². The summed E-state index contributed by atoms with van der Waals surface area (Å²) in [5, 5.41) is 11.6. The molecular weight excluding hydrogens is 377 g/mol. The Morgan fingerprint density at radius 1 is 1.18 bits per heavy atom. The molecule has 0 radical (unpaired) electrons. The first-order valence-electron chi connectivity index (χ1n) is 9.36. The Hall–Kier alpha value is -2.57. The van der Waals surface area contributed by atoms with Crippen LogP contribution in [-0.2, 0) is 18.0 Å². The number of nitrogens with zero attached hydrogens (tertiary/aromatic N) is 4. The lowest BCUT2D eigenvalue weighted by Crippen LogP contribution is -2.22. The number of hydrogen-bond acceptors (Lipinski definition) is 4. The maximum atomic E-state index is 13.5. The van der Waals surface area contributed by atoms with Gasteiger partial charge in [-0.25, -0.2) is 4.39 Å². The van der Waals surface area contributed by atoms with Crippen molar-refractivity contribution in [3.8, 4) is 5.69 Å². The predicted molar refractivity (Wildman–Crippen MR) is 105 cm³/mol. The molecule has 2 aliphatic rings. The van der Waals surface area contributed by atoms with E-state index in [0.29, 0.717) is 18.7 Å². The van der Waals surface area contributed by atoms with Crippen LogP contribution in [0.2, 0.25) is 0 Å². The molecule has 5 rings (SSSR count). The standard InChI is InChI=1S/C21H19ClFN5/c22-21(6-3-14(4-7-21)18-10-17(23)5-8-25-18)16-1-2-19-15(9-16)11-24-12-20-27-26-13-28(19)20/h1-3,5,8-10,13,24H,4,6-7,11-12H2. The Balaban J connectivity index is 1.45. The number of hydrogen-bond donors (Lipinski definition) is 1. The Bertz CT molecular complexity index is 1080. The number of benzene rings is 1. The van der Waals surface area contributed by atoms with Crippen molar-refractivity contribution < 1.29 is 4.39 Å². The summed E-state index contributed by atoms with van der Waals surface area (Å²) in [5.74, 6) is 0.639. The van der Waals surface area contributed by atoms with Crippen LogP contribution in [0.15, 0.2) is 48.9 Å². The Morgan fingerprint density at radius 3 is 2.93 bits per heavy atom. The lowest BCUT2D eigenvalue weighted by atomic mass is 9.82. The van der Waals surface area contributed by atoms with Gasteiger partial charge in [-0.05, 0) is 54.2 Å². The van der Waals surface area contributed by atoms with E-state index in [9.17, 15) is 4.39 Å². The van der Waals surface area contributed by atoms with Crippen molar-refractivity contribution in [3.63, 3.8) is 0 Å². The molecule has 2 aromatic heterocycles. The second-order valence-corrected chi connectivity index (χ2v) is 8.05. The number of aromatic nitrogens is 4. The molecule has 0 saturated heterocycles. The zero-order valence-electron chi connectivity index (χ0n) is 15.2. The van der Waals surface area contributed by atoms with Gasteiger partial charge in [0.15, 0.2) is 5.82 Å². The van der Waals surface area contributed by atoms with Crippen LogP contribution in [0.5, 0.6) is 0 Å². The number of rotatable bonds is 2. The van der Waals surface area contributed by atoms with E-state index < -0.39 is 4.87 Å². The molecule has 0 fully saturated rings. The molecule has 3 aromatic rings. The molecule has 0 amide bonds. The number of fused-ring (bicyclic) bond motifs is 3. The molecule has 1 aliphatic carbocycles. The first kappa shape index (κ1) is 17.5. The van der Waals surface area contributed by atoms with E-state index in [1.54, 1.807) is 6.33 Å². The van der Waals surface area contributed by atoms with Crippen LogP contribution in [0.1, 0.15) is 41.9 Å². The third-order valence-corrected chi connectivity index (χ3v) is 6.15. The minimum Gasteiger partial charge on any atom is -0.306 e. The number of pyridine rings is 1. The highest BCUT2D eigenvalue weighted by molar-refractivity contribution is 6.24. The zero-order chi connectivity index (χ0) is 19.1. The molecule has 142 valence electrons. The Morgan fingerprint density at radius 2 is 2.11 bits per heavy atom. The van der Waals surface area contributed by atoms with Crippen LogP contribution in [0.25, 0.3) is 11.3 Å². The van der Waals surface area contributed by atoms with Crippen LogP contribution < -0.4 is 5.32 Å². The third-order valence-electron chi connectivity index (χ3n) is 5.59. The molecule has 1 aromatic carbocycles. The predicted octanol–water partition coefficient (Wildman–Crippen LogP) is 4.11. The van der Waals surface area contributed by atoms with E-state index in [2.05, 4.69) is 44.8 Å². The summed E-state index contributed by atoms with van der Waals surface area (Å²) in [5.41, 5.74) is 5.13. The molecule has 1 aliphatic heterocycles. The van der Waals surface area contributed by atoms with E-state index in [1.807, 2.05) is 4.57 Å². The largest absolute Gasteiger partial charge is 0.306 e. The van der Waals surface area contributed by atoms with E-state index in [4.69, 9.17) is 11.6 Å². The summed E-state index contributed by atoms with van der Waals surface area (Å²) in [6, 6.07) is 9.23. The molecule has 0 saturated carbocycles. The van der Waals surface area contributed by atoms with Crippen LogP contribution in [0, 0.1) is 5.82 Å². The van der Waals surface area contributed by atoms with Gasteiger partial charge in [-0.2, -0.15) is 0 Å². The van der Waals surface area contributed by atoms with Crippen LogP contribution in [-0.4, -0.2) is 19.7 Å². The summed E-state index contributed by atoms with van der Waals surface area (Å²) in [7, 11) is 0. The van der Waals surface area contributed by atoms with E-state index in [1.165, 1.54) is 23.9 Å². The summed E-state index contributed by atoms with van der Waals surface area (Å²) < 4.78 is 15.5. The highest BCUT2D eigenvalue weighted by Gasteiger charge is 2.33. The van der Waals surface area contributed by atoms with Crippen molar-refractivity contribution >= 4 is 17.2 Å². The van der Waals surface area contributed by atoms with Crippen LogP contribution in [0.3, 0.4) is 0 Å². The van der Waals surface area contributed by atoms with E-state index in [-0.39, 0.29) is 5.82 Å². The fraction of sp³-hybridized carbons (Fsp3) is 0.286. The highest BCUT2D eigenvalue weighted by atomic mass is 35.5. The second kappa shape index (κ2) is 6.79. The van der Waals surface area contributed by atoms with Gasteiger partial charge < -0.3 is 5.32 Å². The smallest absolute Gasteiger partial charge is 0.151 e. The number of allylic oxidation sites excluding steroid dienone is 2.